The first-order valence-corrected chi connectivity index (χ1v) is 24.7. The van der Waals surface area contributed by atoms with Crippen LogP contribution in [0.1, 0.15) is 145 Å². The van der Waals surface area contributed by atoms with Crippen molar-refractivity contribution >= 4 is 0 Å². The molecule has 0 fully saturated rings. The van der Waals surface area contributed by atoms with E-state index in [9.17, 15) is 0 Å². The molecule has 0 N–H and O–H groups in total. The van der Waals surface area contributed by atoms with E-state index in [1.807, 2.05) is 0 Å². The molecule has 0 saturated heterocycles. The van der Waals surface area contributed by atoms with E-state index in [-0.39, 0.29) is 89.1 Å². The fraction of sp³-hybridized carbons (Fsp3) is 0.268. The number of hydrogen-bond donors (Lipinski definition) is 0. The molecule has 10 rings (SSSR count). The first-order valence-electron chi connectivity index (χ1n) is 24.7. The minimum Gasteiger partial charge on any atom is -0.0776 e. The summed E-state index contributed by atoms with van der Waals surface area (Å²) in [7, 11) is 0. The van der Waals surface area contributed by atoms with Crippen molar-refractivity contribution in [2.75, 3.05) is 0 Å². The Kier molecular flexibility index (Phi) is 34.6. The third kappa shape index (κ3) is 18.1. The summed E-state index contributed by atoms with van der Waals surface area (Å²) in [6.45, 7) is 21.8. The number of hydrogen-bond acceptors (Lipinski definition) is 0. The fourth-order valence-corrected chi connectivity index (χ4v) is 9.83. The molecule has 0 heterocycles. The van der Waals surface area contributed by atoms with Gasteiger partial charge in [0.25, 0.3) is 0 Å². The van der Waals surface area contributed by atoms with E-state index in [0.29, 0.717) is 0 Å². The Morgan fingerprint density at radius 3 is 0.476 bits per heavy atom. The maximum Gasteiger partial charge on any atom is -0.0152 e. The van der Waals surface area contributed by atoms with E-state index in [2.05, 4.69) is 275 Å². The summed E-state index contributed by atoms with van der Waals surface area (Å²) in [5.41, 5.74) is 33.4. The monoisotopic (exact) mass is 1100 g/mol. The lowest BCUT2D eigenvalue weighted by Gasteiger charge is -2.15. The molecule has 0 saturated carbocycles. The predicted octanol–water partition coefficient (Wildman–Crippen LogP) is 27.4. The smallest absolute Gasteiger partial charge is 0.0152 e. The van der Waals surface area contributed by atoms with Crippen molar-refractivity contribution in [1.82, 2.24) is 0 Å². The predicted molar refractivity (Wildman–Crippen MR) is 385 cm³/mol. The fourth-order valence-electron chi connectivity index (χ4n) is 9.83. The lowest BCUT2D eigenvalue weighted by atomic mass is 9.89. The van der Waals surface area contributed by atoms with E-state index >= 15 is 0 Å². The minimum absolute atomic E-state index is 0. The molecular formula is C82H112. The van der Waals surface area contributed by atoms with Gasteiger partial charge in [-0.2, -0.15) is 0 Å². The van der Waals surface area contributed by atoms with Gasteiger partial charge < -0.3 is 0 Å². The zero-order valence-corrected chi connectivity index (χ0v) is 42.6. The Morgan fingerprint density at radius 2 is 0.280 bits per heavy atom. The molecule has 0 radical (unpaired) electrons. The van der Waals surface area contributed by atoms with Crippen LogP contribution in [0.2, 0.25) is 0 Å². The quantitative estimate of drug-likeness (QED) is 0.142. The topological polar surface area (TPSA) is 0 Å². The molecule has 10 aromatic rings. The summed E-state index contributed by atoms with van der Waals surface area (Å²) in [4.78, 5) is 0. The van der Waals surface area contributed by atoms with Crippen LogP contribution in [-0.2, 0) is 0 Å². The SMILES string of the molecule is C.C.C.C.C.C.C.C.C.C.C.C.Cc1ccc(-c2cc(C)c(-c3ccc(-c4cc(C)c(-c5ccc(C)cc5)cc4C)cc3)cc2C)cc1.Cc1ccc(-c2ccc(-c3ccc(-c4ccc(-c5ccc(C)cc5)c(C)c4)cc3)cc2C)cc1. The molecule has 0 amide bonds. The lowest BCUT2D eigenvalue weighted by Crippen LogP contribution is -1.92. The zero-order chi connectivity index (χ0) is 49.1. The van der Waals surface area contributed by atoms with Gasteiger partial charge in [0.1, 0.15) is 0 Å². The highest BCUT2D eigenvalue weighted by molar-refractivity contribution is 5.81. The standard InChI is InChI=1S/C36H34.C34H30.12CH4/c1-23-7-11-29(12-8-23)33-19-27(5)35(21-25(33)3)31-15-17-32(18-16-31)36-22-26(4)34(20-28(36)6)30-13-9-24(2)10-14-30;1-23-5-9-29(10-6-23)33-19-17-31(21-25(33)3)27-13-15-28(16-14-27)32-18-20-34(26(4)22-32)30-11-7-24(2)8-12-30;;;;;;;;;;;;/h7-22H,1-6H3;5-22H,1-4H3;12*1H4. The molecule has 82 heavy (non-hydrogen) atoms. The third-order valence-electron chi connectivity index (χ3n) is 14.1. The molecule has 0 bridgehead atoms. The molecule has 0 aliphatic rings. The maximum atomic E-state index is 2.34. The van der Waals surface area contributed by atoms with E-state index in [0.717, 1.165) is 0 Å². The van der Waals surface area contributed by atoms with Crippen LogP contribution in [0.25, 0.3) is 89.0 Å². The van der Waals surface area contributed by atoms with Gasteiger partial charge >= 0.3 is 0 Å². The lowest BCUT2D eigenvalue weighted by molar-refractivity contribution is 1.37. The Labute approximate surface area is 506 Å². The molecule has 0 unspecified atom stereocenters. The second kappa shape index (κ2) is 35.1. The molecule has 0 nitrogen and oxygen atoms in total. The molecule has 0 aliphatic carbocycles. The van der Waals surface area contributed by atoms with Crippen molar-refractivity contribution in [3.63, 3.8) is 0 Å². The van der Waals surface area contributed by atoms with Gasteiger partial charge in [0, 0.05) is 0 Å². The van der Waals surface area contributed by atoms with Crippen LogP contribution in [0.5, 0.6) is 0 Å². The van der Waals surface area contributed by atoms with Crippen molar-refractivity contribution in [2.45, 2.75) is 158 Å². The molecular weight excluding hydrogens is 985 g/mol. The van der Waals surface area contributed by atoms with Crippen LogP contribution in [-0.4, -0.2) is 0 Å². The highest BCUT2D eigenvalue weighted by atomic mass is 14.2. The maximum absolute atomic E-state index is 2.34. The van der Waals surface area contributed by atoms with Crippen molar-refractivity contribution < 1.29 is 0 Å². The Balaban J connectivity index is -0.000000648. The van der Waals surface area contributed by atoms with Crippen molar-refractivity contribution in [2.24, 2.45) is 0 Å². The first kappa shape index (κ1) is 80.7. The zero-order valence-electron chi connectivity index (χ0n) is 42.6. The van der Waals surface area contributed by atoms with Gasteiger partial charge in [-0.3, -0.25) is 0 Å². The van der Waals surface area contributed by atoms with E-state index in [1.54, 1.807) is 0 Å². The number of benzene rings is 10. The van der Waals surface area contributed by atoms with Crippen molar-refractivity contribution in [3.05, 3.63) is 262 Å². The van der Waals surface area contributed by atoms with Gasteiger partial charge in [-0.15, -0.1) is 0 Å². The molecule has 0 atom stereocenters. The minimum atomic E-state index is 0. The summed E-state index contributed by atoms with van der Waals surface area (Å²) < 4.78 is 0. The highest BCUT2D eigenvalue weighted by Crippen LogP contribution is 2.37. The third-order valence-corrected chi connectivity index (χ3v) is 14.1. The normalized spacial score (nSPS) is 9.39. The van der Waals surface area contributed by atoms with Crippen LogP contribution in [0.4, 0.5) is 0 Å². The first-order chi connectivity index (χ1) is 33.8. The molecule has 0 heteroatoms. The number of aryl methyl sites for hydroxylation is 10. The summed E-state index contributed by atoms with van der Waals surface area (Å²) in [6, 6.07) is 76.1. The average Bonchev–Trinajstić information content (AvgIpc) is 3.37. The molecule has 440 valence electrons. The summed E-state index contributed by atoms with van der Waals surface area (Å²) in [5, 5.41) is 0. The largest absolute Gasteiger partial charge is 0.0776 e. The molecule has 10 aromatic carbocycles. The molecule has 0 spiro atoms. The van der Waals surface area contributed by atoms with Gasteiger partial charge in [-0.05, 0) is 192 Å². The Morgan fingerprint density at radius 1 is 0.134 bits per heavy atom. The van der Waals surface area contributed by atoms with Gasteiger partial charge in [0.15, 0.2) is 0 Å². The van der Waals surface area contributed by atoms with Gasteiger partial charge in [0.2, 0.25) is 0 Å². The molecule has 0 aromatic heterocycles. The Bertz CT molecular complexity index is 3200. The van der Waals surface area contributed by atoms with Crippen LogP contribution in [0.3, 0.4) is 0 Å². The average molecular weight is 1100 g/mol. The van der Waals surface area contributed by atoms with E-state index in [4.69, 9.17) is 0 Å². The van der Waals surface area contributed by atoms with Crippen molar-refractivity contribution in [1.29, 1.82) is 0 Å². The van der Waals surface area contributed by atoms with Crippen LogP contribution < -0.4 is 0 Å². The summed E-state index contributed by atoms with van der Waals surface area (Å²) in [6.07, 6.45) is 0. The van der Waals surface area contributed by atoms with Gasteiger partial charge in [0.05, 0.1) is 0 Å². The summed E-state index contributed by atoms with van der Waals surface area (Å²) >= 11 is 0. The van der Waals surface area contributed by atoms with E-state index in [1.165, 1.54) is 145 Å². The second-order valence-corrected chi connectivity index (χ2v) is 19.6. The number of rotatable bonds is 8. The van der Waals surface area contributed by atoms with Crippen molar-refractivity contribution in [3.8, 4) is 89.0 Å². The van der Waals surface area contributed by atoms with Gasteiger partial charge in [-0.1, -0.05) is 318 Å². The van der Waals surface area contributed by atoms with Crippen LogP contribution >= 0.6 is 0 Å². The van der Waals surface area contributed by atoms with Crippen LogP contribution in [0.15, 0.2) is 206 Å². The second-order valence-electron chi connectivity index (χ2n) is 19.6. The highest BCUT2D eigenvalue weighted by Gasteiger charge is 2.13. The summed E-state index contributed by atoms with van der Waals surface area (Å²) in [5.74, 6) is 0. The van der Waals surface area contributed by atoms with E-state index < -0.39 is 0 Å². The Hall–Kier alpha value is -7.80. The molecule has 0 aliphatic heterocycles. The van der Waals surface area contributed by atoms with Crippen LogP contribution in [0, 0.1) is 69.2 Å². The van der Waals surface area contributed by atoms with Gasteiger partial charge in [-0.25, -0.2) is 0 Å².